The van der Waals surface area contributed by atoms with Gasteiger partial charge in [-0.3, -0.25) is 14.9 Å². The van der Waals surface area contributed by atoms with E-state index >= 15 is 0 Å². The molecule has 0 saturated heterocycles. The number of hydrogen-bond donors (Lipinski definition) is 2. The van der Waals surface area contributed by atoms with Crippen molar-refractivity contribution in [1.29, 1.82) is 0 Å². The van der Waals surface area contributed by atoms with Crippen molar-refractivity contribution in [3.8, 4) is 5.75 Å². The molecule has 0 aliphatic carbocycles. The minimum Gasteiger partial charge on any atom is -0.494 e. The van der Waals surface area contributed by atoms with Crippen LogP contribution in [-0.2, 0) is 11.3 Å². The van der Waals surface area contributed by atoms with Crippen molar-refractivity contribution in [3.63, 3.8) is 0 Å². The Kier molecular flexibility index (Phi) is 7.09. The summed E-state index contributed by atoms with van der Waals surface area (Å²) in [5.74, 6) is -0.710. The number of rotatable bonds is 8. The number of methoxy groups -OCH3 is 1. The molecule has 27 heavy (non-hydrogen) atoms. The van der Waals surface area contributed by atoms with Gasteiger partial charge in [0, 0.05) is 16.7 Å². The summed E-state index contributed by atoms with van der Waals surface area (Å²) >= 11 is 5.86. The van der Waals surface area contributed by atoms with Crippen molar-refractivity contribution < 1.29 is 23.7 Å². The number of quaternary nitrogens is 1. The fraction of sp³-hybridized carbons (Fsp3) is 0.278. The molecule has 2 rings (SSSR count). The molecule has 2 aromatic rings. The van der Waals surface area contributed by atoms with Gasteiger partial charge in [0.15, 0.2) is 18.1 Å². The zero-order valence-corrected chi connectivity index (χ0v) is 15.7. The molecule has 0 aliphatic rings. The van der Waals surface area contributed by atoms with Crippen molar-refractivity contribution in [2.24, 2.45) is 0 Å². The van der Waals surface area contributed by atoms with Gasteiger partial charge in [-0.05, 0) is 37.3 Å². The fourth-order valence-corrected chi connectivity index (χ4v) is 2.78. The summed E-state index contributed by atoms with van der Waals surface area (Å²) in [5, 5.41) is 13.9. The third kappa shape index (κ3) is 5.63. The van der Waals surface area contributed by atoms with Crippen molar-refractivity contribution in [3.05, 3.63) is 62.9 Å². The van der Waals surface area contributed by atoms with Crippen molar-refractivity contribution >= 4 is 28.9 Å². The molecule has 1 atom stereocenters. The van der Waals surface area contributed by atoms with Gasteiger partial charge in [0.1, 0.15) is 12.2 Å². The summed E-state index contributed by atoms with van der Waals surface area (Å²) < 4.78 is 18.7. The summed E-state index contributed by atoms with van der Waals surface area (Å²) in [5.41, 5.74) is 0.526. The maximum absolute atomic E-state index is 13.8. The monoisotopic (exact) mass is 396 g/mol. The van der Waals surface area contributed by atoms with Crippen LogP contribution in [0, 0.1) is 15.9 Å². The Morgan fingerprint density at radius 3 is 2.67 bits per heavy atom. The Balaban J connectivity index is 2.06. The van der Waals surface area contributed by atoms with Gasteiger partial charge in [-0.1, -0.05) is 11.6 Å². The van der Waals surface area contributed by atoms with Crippen molar-refractivity contribution in [2.75, 3.05) is 25.5 Å². The van der Waals surface area contributed by atoms with E-state index in [1.807, 2.05) is 6.92 Å². The van der Waals surface area contributed by atoms with E-state index in [0.717, 1.165) is 4.90 Å². The third-order valence-corrected chi connectivity index (χ3v) is 4.25. The van der Waals surface area contributed by atoms with E-state index in [4.69, 9.17) is 16.3 Å². The molecule has 0 spiro atoms. The number of nitrogens with one attached hydrogen (secondary N) is 2. The van der Waals surface area contributed by atoms with E-state index in [0.29, 0.717) is 18.7 Å². The molecule has 0 fully saturated rings. The average Bonchev–Trinajstić information content (AvgIpc) is 2.61. The number of benzene rings is 2. The van der Waals surface area contributed by atoms with Crippen LogP contribution in [0.1, 0.15) is 12.5 Å². The Hall–Kier alpha value is -2.71. The van der Waals surface area contributed by atoms with Gasteiger partial charge >= 0.3 is 0 Å². The van der Waals surface area contributed by atoms with Gasteiger partial charge < -0.3 is 15.0 Å². The van der Waals surface area contributed by atoms with Crippen LogP contribution in [0.15, 0.2) is 36.4 Å². The van der Waals surface area contributed by atoms with E-state index < -0.39 is 16.6 Å². The lowest BCUT2D eigenvalue weighted by Crippen LogP contribution is -3.11. The molecule has 9 heteroatoms. The molecule has 0 bridgehead atoms. The second-order valence-electron chi connectivity index (χ2n) is 5.89. The molecule has 144 valence electrons. The first kappa shape index (κ1) is 20.6. The first-order valence-corrected chi connectivity index (χ1v) is 8.61. The molecular weight excluding hydrogens is 377 g/mol. The number of anilines is 1. The first-order chi connectivity index (χ1) is 12.8. The second-order valence-corrected chi connectivity index (χ2v) is 6.33. The van der Waals surface area contributed by atoms with E-state index in [1.54, 1.807) is 6.07 Å². The van der Waals surface area contributed by atoms with Gasteiger partial charge in [0.2, 0.25) is 0 Å². The molecule has 1 amide bonds. The van der Waals surface area contributed by atoms with E-state index in [-0.39, 0.29) is 28.7 Å². The molecule has 2 N–H and O–H groups in total. The normalized spacial score (nSPS) is 11.7. The van der Waals surface area contributed by atoms with Crippen molar-refractivity contribution in [1.82, 2.24) is 0 Å². The Labute approximate surface area is 160 Å². The van der Waals surface area contributed by atoms with Crippen LogP contribution >= 0.6 is 11.6 Å². The maximum atomic E-state index is 13.8. The highest BCUT2D eigenvalue weighted by Gasteiger charge is 2.19. The largest absolute Gasteiger partial charge is 0.494 e. The number of halogens is 2. The Bertz CT molecular complexity index is 847. The second kappa shape index (κ2) is 9.29. The van der Waals surface area contributed by atoms with E-state index in [2.05, 4.69) is 5.32 Å². The van der Waals surface area contributed by atoms with Crippen LogP contribution in [0.3, 0.4) is 0 Å². The molecule has 0 aromatic heterocycles. The molecule has 0 heterocycles. The molecule has 0 aliphatic heterocycles. The minimum atomic E-state index is -0.587. The van der Waals surface area contributed by atoms with Crippen LogP contribution in [0.5, 0.6) is 5.75 Å². The highest BCUT2D eigenvalue weighted by Crippen LogP contribution is 2.27. The number of carbonyl (C=O) groups excluding carboxylic acids is 1. The Morgan fingerprint density at radius 1 is 1.33 bits per heavy atom. The number of likely N-dealkylation sites (N-methyl/N-ethyl adjacent to an activating group) is 1. The highest BCUT2D eigenvalue weighted by atomic mass is 35.5. The zero-order chi connectivity index (χ0) is 20.0. The van der Waals surface area contributed by atoms with Crippen LogP contribution in [0.2, 0.25) is 5.02 Å². The van der Waals surface area contributed by atoms with Crippen LogP contribution in [0.4, 0.5) is 15.8 Å². The van der Waals surface area contributed by atoms with Crippen LogP contribution in [-0.4, -0.2) is 31.0 Å². The van der Waals surface area contributed by atoms with Crippen LogP contribution in [0.25, 0.3) is 0 Å². The molecule has 0 radical (unpaired) electrons. The molecular formula is C18H20ClFN3O4+. The SMILES string of the molecule is CC[NH+](CC(=O)Nc1cc(Cl)ccc1[N+](=O)[O-])Cc1ccc(OC)c(F)c1. The lowest BCUT2D eigenvalue weighted by Gasteiger charge is -2.17. The maximum Gasteiger partial charge on any atom is 0.292 e. The molecule has 2 aromatic carbocycles. The summed E-state index contributed by atoms with van der Waals surface area (Å²) in [6, 6.07) is 8.60. The lowest BCUT2D eigenvalue weighted by molar-refractivity contribution is -0.903. The predicted octanol–water partition coefficient (Wildman–Crippen LogP) is 2.44. The third-order valence-electron chi connectivity index (χ3n) is 4.01. The number of hydrogen-bond acceptors (Lipinski definition) is 4. The van der Waals surface area contributed by atoms with Gasteiger partial charge in [-0.2, -0.15) is 0 Å². The first-order valence-electron chi connectivity index (χ1n) is 8.23. The standard InChI is InChI=1S/C18H19ClFN3O4/c1-3-22(10-12-4-7-17(27-2)14(20)8-12)11-18(24)21-15-9-13(19)5-6-16(15)23(25)26/h4-9H,3,10-11H2,1-2H3,(H,21,24)/p+1. The molecule has 0 saturated carbocycles. The summed E-state index contributed by atoms with van der Waals surface area (Å²) in [6.45, 7) is 2.99. The van der Waals surface area contributed by atoms with Gasteiger partial charge in [0.05, 0.1) is 18.6 Å². The topological polar surface area (TPSA) is 85.9 Å². The number of nitrogens with zero attached hydrogens (tertiary/aromatic N) is 1. The molecule has 7 nitrogen and oxygen atoms in total. The fourth-order valence-electron chi connectivity index (χ4n) is 2.61. The average molecular weight is 397 g/mol. The van der Waals surface area contributed by atoms with Gasteiger partial charge in [0.25, 0.3) is 11.6 Å². The van der Waals surface area contributed by atoms with Crippen molar-refractivity contribution in [2.45, 2.75) is 13.5 Å². The lowest BCUT2D eigenvalue weighted by atomic mass is 10.2. The van der Waals surface area contributed by atoms with Crippen LogP contribution < -0.4 is 15.0 Å². The summed E-state index contributed by atoms with van der Waals surface area (Å²) in [4.78, 5) is 23.7. The van der Waals surface area contributed by atoms with E-state index in [9.17, 15) is 19.3 Å². The summed E-state index contributed by atoms with van der Waals surface area (Å²) in [6.07, 6.45) is 0. The number of amides is 1. The van der Waals surface area contributed by atoms with Gasteiger partial charge in [-0.25, -0.2) is 4.39 Å². The highest BCUT2D eigenvalue weighted by molar-refractivity contribution is 6.31. The van der Waals surface area contributed by atoms with E-state index in [1.165, 1.54) is 37.4 Å². The quantitative estimate of drug-likeness (QED) is 0.530. The zero-order valence-electron chi connectivity index (χ0n) is 14.9. The number of carbonyl (C=O) groups is 1. The summed E-state index contributed by atoms with van der Waals surface area (Å²) in [7, 11) is 1.39. The number of ether oxygens (including phenoxy) is 1. The number of nitro benzene ring substituents is 1. The molecule has 1 unspecified atom stereocenters. The Morgan fingerprint density at radius 2 is 2.07 bits per heavy atom. The number of nitro groups is 1. The van der Waals surface area contributed by atoms with Gasteiger partial charge in [-0.15, -0.1) is 0 Å². The smallest absolute Gasteiger partial charge is 0.292 e. The predicted molar refractivity (Wildman–Crippen MR) is 99.8 cm³/mol. The minimum absolute atomic E-state index is 0.0449.